The second-order valence-electron chi connectivity index (χ2n) is 5.39. The Kier molecular flexibility index (Phi) is 7.01. The number of ether oxygens (including phenoxy) is 1. The summed E-state index contributed by atoms with van der Waals surface area (Å²) in [7, 11) is 0. The molecule has 0 unspecified atom stereocenters. The molecule has 1 saturated heterocycles. The minimum atomic E-state index is -0.157. The molecule has 126 valence electrons. The van der Waals surface area contributed by atoms with Gasteiger partial charge in [-0.05, 0) is 24.3 Å². The van der Waals surface area contributed by atoms with Crippen LogP contribution < -0.4 is 10.2 Å². The highest BCUT2D eigenvalue weighted by molar-refractivity contribution is 9.10. The first-order valence-corrected chi connectivity index (χ1v) is 8.46. The van der Waals surface area contributed by atoms with E-state index in [1.54, 1.807) is 0 Å². The Hall–Kier alpha value is -1.44. The third-order valence-corrected chi connectivity index (χ3v) is 4.20. The van der Waals surface area contributed by atoms with Crippen LogP contribution in [-0.4, -0.2) is 62.7 Å². The van der Waals surface area contributed by atoms with Crippen LogP contribution in [-0.2, 0) is 14.3 Å². The number of rotatable bonds is 6. The second-order valence-corrected chi connectivity index (χ2v) is 6.30. The predicted octanol–water partition coefficient (Wildman–Crippen LogP) is 1.25. The van der Waals surface area contributed by atoms with Gasteiger partial charge < -0.3 is 15.0 Å². The highest BCUT2D eigenvalue weighted by Crippen LogP contribution is 2.18. The fraction of sp³-hybridized carbons (Fsp3) is 0.500. The van der Waals surface area contributed by atoms with E-state index >= 15 is 0 Å². The summed E-state index contributed by atoms with van der Waals surface area (Å²) in [5, 5.41) is 2.87. The average Bonchev–Trinajstić information content (AvgIpc) is 2.54. The topological polar surface area (TPSA) is 61.9 Å². The van der Waals surface area contributed by atoms with Crippen LogP contribution in [0.1, 0.15) is 6.92 Å². The predicted molar refractivity (Wildman–Crippen MR) is 92.4 cm³/mol. The summed E-state index contributed by atoms with van der Waals surface area (Å²) >= 11 is 3.36. The number of benzene rings is 1. The number of anilines is 1. The van der Waals surface area contributed by atoms with E-state index in [0.717, 1.165) is 37.3 Å². The molecule has 0 radical (unpaired) electrons. The molecule has 2 rings (SSSR count). The van der Waals surface area contributed by atoms with Crippen LogP contribution in [0.15, 0.2) is 28.7 Å². The van der Waals surface area contributed by atoms with Crippen LogP contribution >= 0.6 is 15.9 Å². The Morgan fingerprint density at radius 3 is 2.52 bits per heavy atom. The third kappa shape index (κ3) is 5.93. The lowest BCUT2D eigenvalue weighted by atomic mass is 10.3. The first-order valence-electron chi connectivity index (χ1n) is 7.67. The van der Waals surface area contributed by atoms with Gasteiger partial charge in [0.15, 0.2) is 0 Å². The van der Waals surface area contributed by atoms with E-state index in [1.165, 1.54) is 11.8 Å². The molecule has 1 aromatic rings. The number of hydrogen-bond donors (Lipinski definition) is 1. The Bertz CT molecular complexity index is 530. The molecular weight excluding hydrogens is 362 g/mol. The molecule has 1 heterocycles. The van der Waals surface area contributed by atoms with E-state index in [2.05, 4.69) is 26.1 Å². The van der Waals surface area contributed by atoms with Gasteiger partial charge in [0.05, 0.1) is 13.2 Å². The van der Waals surface area contributed by atoms with Gasteiger partial charge in [-0.25, -0.2) is 0 Å². The molecule has 0 saturated carbocycles. The lowest BCUT2D eigenvalue weighted by Gasteiger charge is -2.26. The number of carbonyl (C=O) groups is 2. The lowest BCUT2D eigenvalue weighted by molar-refractivity contribution is -0.123. The van der Waals surface area contributed by atoms with Crippen molar-refractivity contribution in [2.24, 2.45) is 0 Å². The van der Waals surface area contributed by atoms with Crippen LogP contribution in [0.4, 0.5) is 5.69 Å². The molecule has 2 amide bonds. The van der Waals surface area contributed by atoms with Crippen LogP contribution in [0, 0.1) is 0 Å². The van der Waals surface area contributed by atoms with Crippen molar-refractivity contribution >= 4 is 33.4 Å². The van der Waals surface area contributed by atoms with E-state index in [4.69, 9.17) is 4.74 Å². The second kappa shape index (κ2) is 9.00. The number of morpholine rings is 1. The van der Waals surface area contributed by atoms with Gasteiger partial charge in [-0.15, -0.1) is 0 Å². The van der Waals surface area contributed by atoms with Crippen LogP contribution in [0.25, 0.3) is 0 Å². The summed E-state index contributed by atoms with van der Waals surface area (Å²) in [6.07, 6.45) is 0. The quantitative estimate of drug-likeness (QED) is 0.802. The molecule has 0 bridgehead atoms. The van der Waals surface area contributed by atoms with Gasteiger partial charge in [0.2, 0.25) is 11.8 Å². The van der Waals surface area contributed by atoms with Gasteiger partial charge in [0, 0.05) is 43.3 Å². The third-order valence-electron chi connectivity index (χ3n) is 3.67. The Morgan fingerprint density at radius 2 is 1.91 bits per heavy atom. The zero-order valence-electron chi connectivity index (χ0n) is 13.3. The highest BCUT2D eigenvalue weighted by Gasteiger charge is 2.16. The van der Waals surface area contributed by atoms with E-state index < -0.39 is 0 Å². The van der Waals surface area contributed by atoms with Gasteiger partial charge in [-0.1, -0.05) is 15.9 Å². The number of nitrogens with zero attached hydrogens (tertiary/aromatic N) is 2. The first kappa shape index (κ1) is 17.9. The Labute approximate surface area is 144 Å². The Morgan fingerprint density at radius 1 is 1.26 bits per heavy atom. The van der Waals surface area contributed by atoms with Crippen LogP contribution in [0.2, 0.25) is 0 Å². The number of halogens is 1. The molecule has 1 fully saturated rings. The molecule has 7 heteroatoms. The van der Waals surface area contributed by atoms with E-state index in [9.17, 15) is 9.59 Å². The minimum absolute atomic E-state index is 0.0279. The molecule has 0 spiro atoms. The number of nitrogens with one attached hydrogen (secondary N) is 1. The number of amides is 2. The minimum Gasteiger partial charge on any atom is -0.379 e. The van der Waals surface area contributed by atoms with Crippen molar-refractivity contribution in [3.8, 4) is 0 Å². The van der Waals surface area contributed by atoms with Crippen molar-refractivity contribution in [2.75, 3.05) is 50.8 Å². The summed E-state index contributed by atoms with van der Waals surface area (Å²) < 4.78 is 6.22. The van der Waals surface area contributed by atoms with Gasteiger partial charge in [-0.2, -0.15) is 0 Å². The van der Waals surface area contributed by atoms with Gasteiger partial charge in [-0.3, -0.25) is 14.5 Å². The fourth-order valence-corrected chi connectivity index (χ4v) is 2.65. The van der Waals surface area contributed by atoms with Gasteiger partial charge >= 0.3 is 0 Å². The molecule has 1 aliphatic heterocycles. The molecule has 1 aromatic carbocycles. The van der Waals surface area contributed by atoms with Crippen molar-refractivity contribution < 1.29 is 14.3 Å². The smallest absolute Gasteiger partial charge is 0.240 e. The Balaban J connectivity index is 1.81. The summed E-state index contributed by atoms with van der Waals surface area (Å²) in [4.78, 5) is 27.6. The average molecular weight is 384 g/mol. The monoisotopic (exact) mass is 383 g/mol. The molecule has 1 N–H and O–H groups in total. The summed E-state index contributed by atoms with van der Waals surface area (Å²) in [6, 6.07) is 7.32. The maximum atomic E-state index is 12.1. The van der Waals surface area contributed by atoms with Gasteiger partial charge in [0.25, 0.3) is 0 Å². The molecule has 6 nitrogen and oxygen atoms in total. The van der Waals surface area contributed by atoms with Crippen molar-refractivity contribution in [1.82, 2.24) is 10.2 Å². The standard InChI is InChI=1S/C16H22BrN3O3/c1-13(21)20(15-4-2-14(17)3-5-15)12-16(22)18-6-7-19-8-10-23-11-9-19/h2-5H,6-12H2,1H3,(H,18,22). The lowest BCUT2D eigenvalue weighted by Crippen LogP contribution is -2.44. The summed E-state index contributed by atoms with van der Waals surface area (Å²) in [6.45, 7) is 6.15. The van der Waals surface area contributed by atoms with Gasteiger partial charge in [0.1, 0.15) is 6.54 Å². The fourth-order valence-electron chi connectivity index (χ4n) is 2.38. The highest BCUT2D eigenvalue weighted by atomic mass is 79.9. The largest absolute Gasteiger partial charge is 0.379 e. The number of hydrogen-bond acceptors (Lipinski definition) is 4. The number of carbonyl (C=O) groups excluding carboxylic acids is 2. The van der Waals surface area contributed by atoms with Crippen molar-refractivity contribution in [1.29, 1.82) is 0 Å². The molecule has 0 aromatic heterocycles. The summed E-state index contributed by atoms with van der Waals surface area (Å²) in [5.74, 6) is -0.313. The van der Waals surface area contributed by atoms with Crippen LogP contribution in [0.5, 0.6) is 0 Å². The molecule has 1 aliphatic rings. The summed E-state index contributed by atoms with van der Waals surface area (Å²) in [5.41, 5.74) is 0.712. The molecule has 23 heavy (non-hydrogen) atoms. The van der Waals surface area contributed by atoms with Crippen molar-refractivity contribution in [2.45, 2.75) is 6.92 Å². The van der Waals surface area contributed by atoms with Crippen molar-refractivity contribution in [3.63, 3.8) is 0 Å². The first-order chi connectivity index (χ1) is 11.1. The van der Waals surface area contributed by atoms with Crippen LogP contribution in [0.3, 0.4) is 0 Å². The molecular formula is C16H22BrN3O3. The van der Waals surface area contributed by atoms with Crippen molar-refractivity contribution in [3.05, 3.63) is 28.7 Å². The SMILES string of the molecule is CC(=O)N(CC(=O)NCCN1CCOCC1)c1ccc(Br)cc1. The van der Waals surface area contributed by atoms with E-state index in [0.29, 0.717) is 12.2 Å². The van der Waals surface area contributed by atoms with E-state index in [-0.39, 0.29) is 18.4 Å². The zero-order valence-corrected chi connectivity index (χ0v) is 14.8. The van der Waals surface area contributed by atoms with E-state index in [1.807, 2.05) is 24.3 Å². The molecule has 0 atom stereocenters. The maximum absolute atomic E-state index is 12.1. The zero-order chi connectivity index (χ0) is 16.7. The normalized spacial score (nSPS) is 15.2. The maximum Gasteiger partial charge on any atom is 0.240 e. The molecule has 0 aliphatic carbocycles.